The molecular formula is C12H17Cl2N. The number of nitrogens with zero attached hydrogens (tertiary/aromatic N) is 1. The third-order valence-corrected chi connectivity index (χ3v) is 3.06. The topological polar surface area (TPSA) is 3.24 Å². The molecule has 0 bridgehead atoms. The van der Waals surface area contributed by atoms with Crippen LogP contribution in [0, 0.1) is 0 Å². The molecule has 0 spiro atoms. The van der Waals surface area contributed by atoms with Crippen molar-refractivity contribution >= 4 is 24.0 Å². The summed E-state index contributed by atoms with van der Waals surface area (Å²) in [5, 5.41) is 0. The fourth-order valence-electron chi connectivity index (χ4n) is 2.01. The summed E-state index contributed by atoms with van der Waals surface area (Å²) in [6, 6.07) is 8.59. The van der Waals surface area contributed by atoms with Crippen LogP contribution in [-0.2, 0) is 12.4 Å². The average molecular weight is 246 g/mol. The third kappa shape index (κ3) is 3.67. The molecule has 15 heavy (non-hydrogen) atoms. The Hall–Kier alpha value is -0.240. The van der Waals surface area contributed by atoms with E-state index >= 15 is 0 Å². The van der Waals surface area contributed by atoms with Crippen molar-refractivity contribution in [2.45, 2.75) is 25.3 Å². The zero-order chi connectivity index (χ0) is 9.80. The third-order valence-electron chi connectivity index (χ3n) is 2.75. The van der Waals surface area contributed by atoms with Crippen molar-refractivity contribution in [2.75, 3.05) is 13.1 Å². The molecule has 0 unspecified atom stereocenters. The standard InChI is InChI=1S/C12H16ClN.ClH/c13-9-11-4-3-5-12(8-11)10-14-6-1-2-7-14;/h3-5,8H,1-2,6-7,9-10H2;1H. The zero-order valence-electron chi connectivity index (χ0n) is 8.79. The summed E-state index contributed by atoms with van der Waals surface area (Å²) in [5.41, 5.74) is 2.62. The van der Waals surface area contributed by atoms with Crippen LogP contribution >= 0.6 is 24.0 Å². The molecule has 1 fully saturated rings. The molecule has 1 aromatic rings. The summed E-state index contributed by atoms with van der Waals surface area (Å²) in [6.45, 7) is 3.60. The fourth-order valence-corrected chi connectivity index (χ4v) is 2.18. The second-order valence-corrected chi connectivity index (χ2v) is 4.20. The Morgan fingerprint density at radius 3 is 2.47 bits per heavy atom. The van der Waals surface area contributed by atoms with Gasteiger partial charge in [-0.2, -0.15) is 0 Å². The Labute approximate surface area is 103 Å². The molecule has 1 nitrogen and oxygen atoms in total. The number of rotatable bonds is 3. The summed E-state index contributed by atoms with van der Waals surface area (Å²) in [4.78, 5) is 2.51. The van der Waals surface area contributed by atoms with Gasteiger partial charge in [-0.1, -0.05) is 24.3 Å². The van der Waals surface area contributed by atoms with E-state index in [9.17, 15) is 0 Å². The monoisotopic (exact) mass is 245 g/mol. The van der Waals surface area contributed by atoms with Gasteiger partial charge < -0.3 is 0 Å². The van der Waals surface area contributed by atoms with Crippen LogP contribution in [0.15, 0.2) is 24.3 Å². The van der Waals surface area contributed by atoms with Gasteiger partial charge in [0.15, 0.2) is 0 Å². The lowest BCUT2D eigenvalue weighted by Crippen LogP contribution is -2.18. The Morgan fingerprint density at radius 1 is 1.13 bits per heavy atom. The lowest BCUT2D eigenvalue weighted by molar-refractivity contribution is 0.331. The van der Waals surface area contributed by atoms with Gasteiger partial charge in [0.1, 0.15) is 0 Å². The quantitative estimate of drug-likeness (QED) is 0.738. The van der Waals surface area contributed by atoms with Crippen LogP contribution in [0.5, 0.6) is 0 Å². The normalized spacial score (nSPS) is 16.3. The van der Waals surface area contributed by atoms with Gasteiger partial charge in [0, 0.05) is 12.4 Å². The van der Waals surface area contributed by atoms with Crippen molar-refractivity contribution in [1.29, 1.82) is 0 Å². The van der Waals surface area contributed by atoms with Crippen LogP contribution in [0.2, 0.25) is 0 Å². The van der Waals surface area contributed by atoms with Gasteiger partial charge in [-0.15, -0.1) is 24.0 Å². The van der Waals surface area contributed by atoms with Crippen LogP contribution in [0.4, 0.5) is 0 Å². The summed E-state index contributed by atoms with van der Waals surface area (Å²) in [5.74, 6) is 0.619. The summed E-state index contributed by atoms with van der Waals surface area (Å²) in [7, 11) is 0. The van der Waals surface area contributed by atoms with Crippen molar-refractivity contribution in [3.05, 3.63) is 35.4 Å². The van der Waals surface area contributed by atoms with Crippen LogP contribution in [-0.4, -0.2) is 18.0 Å². The molecule has 0 N–H and O–H groups in total. The lowest BCUT2D eigenvalue weighted by atomic mass is 10.1. The Kier molecular flexibility index (Phi) is 5.44. The van der Waals surface area contributed by atoms with E-state index in [1.807, 2.05) is 0 Å². The summed E-state index contributed by atoms with van der Waals surface area (Å²) >= 11 is 5.80. The number of benzene rings is 1. The Morgan fingerprint density at radius 2 is 1.80 bits per heavy atom. The van der Waals surface area contributed by atoms with E-state index in [2.05, 4.69) is 29.2 Å². The largest absolute Gasteiger partial charge is 0.299 e. The van der Waals surface area contributed by atoms with E-state index in [4.69, 9.17) is 11.6 Å². The first-order chi connectivity index (χ1) is 6.88. The number of hydrogen-bond acceptors (Lipinski definition) is 1. The van der Waals surface area contributed by atoms with E-state index in [1.165, 1.54) is 37.1 Å². The van der Waals surface area contributed by atoms with Gasteiger partial charge in [0.05, 0.1) is 0 Å². The van der Waals surface area contributed by atoms with E-state index in [1.54, 1.807) is 0 Å². The van der Waals surface area contributed by atoms with Gasteiger partial charge in [-0.05, 0) is 37.1 Å². The van der Waals surface area contributed by atoms with Gasteiger partial charge in [0.2, 0.25) is 0 Å². The molecule has 0 saturated carbocycles. The molecule has 1 saturated heterocycles. The van der Waals surface area contributed by atoms with Crippen molar-refractivity contribution < 1.29 is 0 Å². The SMILES string of the molecule is Cl.ClCc1cccc(CN2CCCC2)c1. The Bertz CT molecular complexity index is 295. The van der Waals surface area contributed by atoms with Crippen molar-refractivity contribution in [3.63, 3.8) is 0 Å². The molecule has 0 aromatic heterocycles. The second-order valence-electron chi connectivity index (χ2n) is 3.94. The van der Waals surface area contributed by atoms with Gasteiger partial charge >= 0.3 is 0 Å². The summed E-state index contributed by atoms with van der Waals surface area (Å²) in [6.07, 6.45) is 2.71. The summed E-state index contributed by atoms with van der Waals surface area (Å²) < 4.78 is 0. The van der Waals surface area contributed by atoms with Crippen molar-refractivity contribution in [3.8, 4) is 0 Å². The molecule has 0 amide bonds. The minimum absolute atomic E-state index is 0. The van der Waals surface area contributed by atoms with Crippen LogP contribution in [0.3, 0.4) is 0 Å². The second kappa shape index (κ2) is 6.37. The van der Waals surface area contributed by atoms with Crippen LogP contribution in [0.1, 0.15) is 24.0 Å². The number of hydrogen-bond donors (Lipinski definition) is 0. The number of likely N-dealkylation sites (tertiary alicyclic amines) is 1. The van der Waals surface area contributed by atoms with Crippen LogP contribution < -0.4 is 0 Å². The highest BCUT2D eigenvalue weighted by Crippen LogP contribution is 2.14. The predicted molar refractivity (Wildman–Crippen MR) is 67.8 cm³/mol. The zero-order valence-corrected chi connectivity index (χ0v) is 10.4. The highest BCUT2D eigenvalue weighted by atomic mass is 35.5. The first-order valence-corrected chi connectivity index (χ1v) is 5.78. The molecule has 3 heteroatoms. The van der Waals surface area contributed by atoms with Crippen LogP contribution in [0.25, 0.3) is 0 Å². The van der Waals surface area contributed by atoms with Crippen molar-refractivity contribution in [2.24, 2.45) is 0 Å². The van der Waals surface area contributed by atoms with E-state index < -0.39 is 0 Å². The maximum atomic E-state index is 5.80. The van der Waals surface area contributed by atoms with E-state index in [0.29, 0.717) is 5.88 Å². The smallest absolute Gasteiger partial charge is 0.0474 e. The first kappa shape index (κ1) is 12.8. The highest BCUT2D eigenvalue weighted by Gasteiger charge is 2.11. The maximum Gasteiger partial charge on any atom is 0.0474 e. The molecule has 1 aliphatic heterocycles. The number of halogens is 2. The lowest BCUT2D eigenvalue weighted by Gasteiger charge is -2.14. The molecule has 0 aliphatic carbocycles. The molecule has 0 atom stereocenters. The maximum absolute atomic E-state index is 5.80. The van der Waals surface area contributed by atoms with Gasteiger partial charge in [-0.25, -0.2) is 0 Å². The average Bonchev–Trinajstić information content (AvgIpc) is 2.71. The van der Waals surface area contributed by atoms with Crippen molar-refractivity contribution in [1.82, 2.24) is 4.90 Å². The molecular weight excluding hydrogens is 229 g/mol. The molecule has 1 aliphatic rings. The number of alkyl halides is 1. The van der Waals surface area contributed by atoms with Gasteiger partial charge in [0.25, 0.3) is 0 Å². The fraction of sp³-hybridized carbons (Fsp3) is 0.500. The highest BCUT2D eigenvalue weighted by molar-refractivity contribution is 6.17. The molecule has 1 aromatic carbocycles. The molecule has 84 valence electrons. The van der Waals surface area contributed by atoms with E-state index in [0.717, 1.165) is 6.54 Å². The molecule has 2 rings (SSSR count). The predicted octanol–water partition coefficient (Wildman–Crippen LogP) is 3.44. The minimum atomic E-state index is 0. The van der Waals surface area contributed by atoms with E-state index in [-0.39, 0.29) is 12.4 Å². The molecule has 1 heterocycles. The van der Waals surface area contributed by atoms with Gasteiger partial charge in [-0.3, -0.25) is 4.90 Å². The molecule has 0 radical (unpaired) electrons. The Balaban J connectivity index is 0.00000112. The minimum Gasteiger partial charge on any atom is -0.299 e. The first-order valence-electron chi connectivity index (χ1n) is 5.24.